The van der Waals surface area contributed by atoms with Gasteiger partial charge in [0.05, 0.1) is 21.9 Å². The highest BCUT2D eigenvalue weighted by Gasteiger charge is 2.29. The number of nitro groups is 1. The molecule has 1 saturated heterocycles. The van der Waals surface area contributed by atoms with Crippen LogP contribution in [-0.2, 0) is 4.79 Å². The van der Waals surface area contributed by atoms with Crippen LogP contribution < -0.4 is 10.6 Å². The minimum atomic E-state index is -1.04. The summed E-state index contributed by atoms with van der Waals surface area (Å²) in [6.07, 6.45) is -0.938. The van der Waals surface area contributed by atoms with Crippen molar-refractivity contribution in [2.24, 2.45) is 0 Å². The Bertz CT molecular complexity index is 716. The molecule has 0 radical (unpaired) electrons. The number of amides is 1. The van der Waals surface area contributed by atoms with Crippen molar-refractivity contribution >= 4 is 28.3 Å². The fraction of sp³-hybridized carbons (Fsp3) is 0.333. The van der Waals surface area contributed by atoms with E-state index in [1.807, 2.05) is 0 Å². The SMILES string of the molecule is O=C(Nc1n[nH]c2ccc([N+](=O)[O-])cc12)[C@H]1C[C@H](F)CN1. The lowest BCUT2D eigenvalue weighted by molar-refractivity contribution is -0.384. The molecule has 1 aliphatic rings. The Morgan fingerprint density at radius 1 is 1.52 bits per heavy atom. The zero-order chi connectivity index (χ0) is 15.0. The summed E-state index contributed by atoms with van der Waals surface area (Å²) in [5, 5.41) is 23.1. The van der Waals surface area contributed by atoms with Crippen LogP contribution in [0.3, 0.4) is 0 Å². The van der Waals surface area contributed by atoms with Crippen molar-refractivity contribution < 1.29 is 14.1 Å². The van der Waals surface area contributed by atoms with E-state index in [0.717, 1.165) is 0 Å². The number of rotatable bonds is 3. The predicted octanol–water partition coefficient (Wildman–Crippen LogP) is 1.11. The van der Waals surface area contributed by atoms with Crippen molar-refractivity contribution in [1.82, 2.24) is 15.5 Å². The Hall–Kier alpha value is -2.55. The first-order chi connectivity index (χ1) is 10.0. The lowest BCUT2D eigenvalue weighted by atomic mass is 10.2. The van der Waals surface area contributed by atoms with Crippen LogP contribution in [-0.4, -0.2) is 39.8 Å². The number of fused-ring (bicyclic) bond motifs is 1. The Morgan fingerprint density at radius 2 is 2.33 bits per heavy atom. The van der Waals surface area contributed by atoms with Crippen LogP contribution in [0.5, 0.6) is 0 Å². The number of anilines is 1. The van der Waals surface area contributed by atoms with Gasteiger partial charge < -0.3 is 10.6 Å². The first kappa shape index (κ1) is 13.4. The number of carbonyl (C=O) groups excluding carboxylic acids is 1. The maximum atomic E-state index is 13.1. The number of aromatic amines is 1. The lowest BCUT2D eigenvalue weighted by Crippen LogP contribution is -2.35. The van der Waals surface area contributed by atoms with Crippen LogP contribution in [0.4, 0.5) is 15.9 Å². The Morgan fingerprint density at radius 3 is 3.00 bits per heavy atom. The first-order valence-corrected chi connectivity index (χ1v) is 6.35. The fourth-order valence-corrected chi connectivity index (χ4v) is 2.31. The number of nitrogens with one attached hydrogen (secondary N) is 3. The zero-order valence-electron chi connectivity index (χ0n) is 10.8. The van der Waals surface area contributed by atoms with Crippen LogP contribution >= 0.6 is 0 Å². The molecule has 0 bridgehead atoms. The molecule has 1 aliphatic heterocycles. The zero-order valence-corrected chi connectivity index (χ0v) is 10.8. The molecule has 2 aromatic rings. The number of benzene rings is 1. The maximum absolute atomic E-state index is 13.1. The van der Waals surface area contributed by atoms with Crippen LogP contribution in [0.2, 0.25) is 0 Å². The molecule has 21 heavy (non-hydrogen) atoms. The van der Waals surface area contributed by atoms with E-state index in [1.165, 1.54) is 18.2 Å². The third-order valence-corrected chi connectivity index (χ3v) is 3.39. The van der Waals surface area contributed by atoms with Gasteiger partial charge in [0.2, 0.25) is 5.91 Å². The van der Waals surface area contributed by atoms with E-state index in [0.29, 0.717) is 10.9 Å². The average molecular weight is 293 g/mol. The maximum Gasteiger partial charge on any atom is 0.270 e. The number of alkyl halides is 1. The van der Waals surface area contributed by atoms with E-state index in [9.17, 15) is 19.3 Å². The number of aromatic nitrogens is 2. The first-order valence-electron chi connectivity index (χ1n) is 6.35. The van der Waals surface area contributed by atoms with Gasteiger partial charge in [-0.25, -0.2) is 4.39 Å². The van der Waals surface area contributed by atoms with Gasteiger partial charge in [0.15, 0.2) is 5.82 Å². The van der Waals surface area contributed by atoms with Crippen LogP contribution in [0, 0.1) is 10.1 Å². The number of non-ortho nitro benzene ring substituents is 1. The van der Waals surface area contributed by atoms with Gasteiger partial charge in [0, 0.05) is 25.1 Å². The number of nitro benzene ring substituents is 1. The minimum Gasteiger partial charge on any atom is -0.307 e. The molecule has 1 aromatic carbocycles. The molecule has 8 nitrogen and oxygen atoms in total. The summed E-state index contributed by atoms with van der Waals surface area (Å²) in [6.45, 7) is 0.144. The minimum absolute atomic E-state index is 0.0952. The number of H-pyrrole nitrogens is 1. The number of hydrogen-bond acceptors (Lipinski definition) is 5. The van der Waals surface area contributed by atoms with Crippen LogP contribution in [0.1, 0.15) is 6.42 Å². The van der Waals surface area contributed by atoms with Gasteiger partial charge in [-0.3, -0.25) is 20.0 Å². The summed E-state index contributed by atoms with van der Waals surface area (Å²) in [4.78, 5) is 22.3. The van der Waals surface area contributed by atoms with Crippen molar-refractivity contribution in [1.29, 1.82) is 0 Å². The number of halogens is 1. The number of nitrogens with zero attached hydrogens (tertiary/aromatic N) is 2. The van der Waals surface area contributed by atoms with Crippen molar-refractivity contribution in [3.63, 3.8) is 0 Å². The van der Waals surface area contributed by atoms with Crippen LogP contribution in [0.15, 0.2) is 18.2 Å². The quantitative estimate of drug-likeness (QED) is 0.579. The molecule has 1 aromatic heterocycles. The summed E-state index contributed by atoms with van der Waals surface area (Å²) in [7, 11) is 0. The van der Waals surface area contributed by atoms with Gasteiger partial charge in [-0.05, 0) is 6.07 Å². The van der Waals surface area contributed by atoms with Crippen molar-refractivity contribution in [3.8, 4) is 0 Å². The smallest absolute Gasteiger partial charge is 0.270 e. The molecule has 110 valence electrons. The predicted molar refractivity (Wildman–Crippen MR) is 72.7 cm³/mol. The topological polar surface area (TPSA) is 113 Å². The Labute approximate surface area is 117 Å². The second kappa shape index (κ2) is 5.09. The lowest BCUT2D eigenvalue weighted by Gasteiger charge is -2.08. The van der Waals surface area contributed by atoms with E-state index < -0.39 is 23.0 Å². The monoisotopic (exact) mass is 293 g/mol. The van der Waals surface area contributed by atoms with E-state index >= 15 is 0 Å². The number of hydrogen-bond donors (Lipinski definition) is 3. The van der Waals surface area contributed by atoms with E-state index in [-0.39, 0.29) is 24.5 Å². The summed E-state index contributed by atoms with van der Waals surface area (Å²) < 4.78 is 13.1. The van der Waals surface area contributed by atoms with Crippen LogP contribution in [0.25, 0.3) is 10.9 Å². The second-order valence-corrected chi connectivity index (χ2v) is 4.84. The molecule has 2 heterocycles. The van der Waals surface area contributed by atoms with Gasteiger partial charge in [0.1, 0.15) is 6.17 Å². The molecule has 0 spiro atoms. The molecule has 2 atom stereocenters. The summed E-state index contributed by atoms with van der Waals surface area (Å²) >= 11 is 0. The van der Waals surface area contributed by atoms with Gasteiger partial charge in [-0.1, -0.05) is 0 Å². The molecule has 0 saturated carbocycles. The summed E-state index contributed by atoms with van der Waals surface area (Å²) in [5.74, 6) is -0.210. The van der Waals surface area contributed by atoms with Gasteiger partial charge >= 0.3 is 0 Å². The molecule has 9 heteroatoms. The van der Waals surface area contributed by atoms with Gasteiger partial charge in [-0.2, -0.15) is 5.10 Å². The molecule has 1 fully saturated rings. The molecular weight excluding hydrogens is 281 g/mol. The Kier molecular flexibility index (Phi) is 3.26. The van der Waals surface area contributed by atoms with E-state index in [1.54, 1.807) is 0 Å². The van der Waals surface area contributed by atoms with E-state index in [4.69, 9.17) is 0 Å². The highest BCUT2D eigenvalue weighted by atomic mass is 19.1. The van der Waals surface area contributed by atoms with Crippen molar-refractivity contribution in [2.75, 3.05) is 11.9 Å². The summed E-state index contributed by atoms with van der Waals surface area (Å²) in [5.41, 5.74) is 0.473. The highest BCUT2D eigenvalue weighted by Crippen LogP contribution is 2.25. The third kappa shape index (κ3) is 2.55. The normalized spacial score (nSPS) is 21.6. The van der Waals surface area contributed by atoms with Gasteiger partial charge in [0.25, 0.3) is 5.69 Å². The fourth-order valence-electron chi connectivity index (χ4n) is 2.31. The highest BCUT2D eigenvalue weighted by molar-refractivity contribution is 6.02. The molecule has 1 amide bonds. The average Bonchev–Trinajstić information content (AvgIpc) is 3.05. The largest absolute Gasteiger partial charge is 0.307 e. The molecule has 0 aliphatic carbocycles. The molecule has 3 rings (SSSR count). The third-order valence-electron chi connectivity index (χ3n) is 3.39. The number of carbonyl (C=O) groups is 1. The van der Waals surface area contributed by atoms with Gasteiger partial charge in [-0.15, -0.1) is 0 Å². The van der Waals surface area contributed by atoms with E-state index in [2.05, 4.69) is 20.8 Å². The second-order valence-electron chi connectivity index (χ2n) is 4.84. The Balaban J connectivity index is 1.85. The molecular formula is C12H12FN5O3. The van der Waals surface area contributed by atoms with Crippen molar-refractivity contribution in [3.05, 3.63) is 28.3 Å². The standard InChI is InChI=1S/C12H12FN5O3/c13-6-3-10(14-5-6)12(19)15-11-8-4-7(18(20)21)1-2-9(8)16-17-11/h1-2,4,6,10,14H,3,5H2,(H2,15,16,17,19)/t6-,10+/m0/s1. The molecule has 0 unspecified atom stereocenters. The molecule has 3 N–H and O–H groups in total. The van der Waals surface area contributed by atoms with Crippen molar-refractivity contribution in [2.45, 2.75) is 18.6 Å². The summed E-state index contributed by atoms with van der Waals surface area (Å²) in [6, 6.07) is 3.57.